The highest BCUT2D eigenvalue weighted by molar-refractivity contribution is 5.97. The number of aromatic amines is 1. The Balaban J connectivity index is 1.70. The quantitative estimate of drug-likeness (QED) is 0.775. The number of hydrogen-bond acceptors (Lipinski definition) is 5. The molecule has 0 saturated carbocycles. The minimum atomic E-state index is -0.0561. The van der Waals surface area contributed by atoms with Crippen molar-refractivity contribution >= 4 is 16.9 Å². The fraction of sp³-hybridized carbons (Fsp3) is 0.438. The van der Waals surface area contributed by atoms with Crippen molar-refractivity contribution in [3.63, 3.8) is 0 Å². The highest BCUT2D eigenvalue weighted by Gasteiger charge is 2.31. The van der Waals surface area contributed by atoms with E-state index < -0.39 is 0 Å². The monoisotopic (exact) mass is 325 g/mol. The number of aryl methyl sites for hydroxylation is 2. The topological polar surface area (TPSA) is 92.6 Å². The lowest BCUT2D eigenvalue weighted by molar-refractivity contribution is 0.0600. The maximum absolute atomic E-state index is 13.1. The summed E-state index contributed by atoms with van der Waals surface area (Å²) in [6.07, 6.45) is 6.09. The Bertz CT molecular complexity index is 883. The molecule has 1 saturated heterocycles. The van der Waals surface area contributed by atoms with Crippen LogP contribution in [-0.2, 0) is 7.05 Å². The number of rotatable bonds is 2. The van der Waals surface area contributed by atoms with Gasteiger partial charge in [-0.2, -0.15) is 10.2 Å². The van der Waals surface area contributed by atoms with Gasteiger partial charge in [0.25, 0.3) is 5.91 Å². The van der Waals surface area contributed by atoms with Crippen LogP contribution in [0.3, 0.4) is 0 Å². The van der Waals surface area contributed by atoms with E-state index in [1.807, 2.05) is 24.9 Å². The molecule has 24 heavy (non-hydrogen) atoms. The van der Waals surface area contributed by atoms with Crippen LogP contribution in [0.15, 0.2) is 18.6 Å². The summed E-state index contributed by atoms with van der Waals surface area (Å²) in [5, 5.41) is 12.1. The first kappa shape index (κ1) is 14.8. The highest BCUT2D eigenvalue weighted by atomic mass is 16.2. The molecule has 0 aromatic carbocycles. The number of carbonyl (C=O) groups excluding carboxylic acids is 1. The lowest BCUT2D eigenvalue weighted by Gasteiger charge is -2.34. The van der Waals surface area contributed by atoms with Crippen LogP contribution in [0.25, 0.3) is 11.0 Å². The van der Waals surface area contributed by atoms with Crippen molar-refractivity contribution in [2.24, 2.45) is 7.05 Å². The zero-order valence-corrected chi connectivity index (χ0v) is 13.7. The third-order valence-electron chi connectivity index (χ3n) is 4.62. The fourth-order valence-electron chi connectivity index (χ4n) is 3.43. The number of nitrogens with zero attached hydrogens (tertiary/aromatic N) is 6. The van der Waals surface area contributed by atoms with E-state index in [1.165, 1.54) is 6.33 Å². The minimum absolute atomic E-state index is 0.0197. The molecule has 1 N–H and O–H groups in total. The molecule has 8 heteroatoms. The van der Waals surface area contributed by atoms with Gasteiger partial charge in [-0.3, -0.25) is 14.6 Å². The van der Waals surface area contributed by atoms with Crippen LogP contribution in [0.4, 0.5) is 0 Å². The molecule has 1 atom stereocenters. The van der Waals surface area contributed by atoms with Gasteiger partial charge in [-0.05, 0) is 32.3 Å². The lowest BCUT2D eigenvalue weighted by Crippen LogP contribution is -2.39. The van der Waals surface area contributed by atoms with E-state index >= 15 is 0 Å². The molecule has 3 aromatic rings. The molecular formula is C16H19N7O. The van der Waals surface area contributed by atoms with E-state index in [4.69, 9.17) is 0 Å². The molecule has 1 aliphatic heterocycles. The zero-order valence-electron chi connectivity index (χ0n) is 13.7. The molecule has 0 unspecified atom stereocenters. The molecule has 4 heterocycles. The number of hydrogen-bond donors (Lipinski definition) is 1. The molecule has 1 aliphatic rings. The van der Waals surface area contributed by atoms with E-state index in [1.54, 1.807) is 10.9 Å². The molecular weight excluding hydrogens is 306 g/mol. The molecule has 0 aliphatic carbocycles. The van der Waals surface area contributed by atoms with Crippen molar-refractivity contribution in [1.29, 1.82) is 0 Å². The average Bonchev–Trinajstić information content (AvgIpc) is 3.23. The second kappa shape index (κ2) is 5.70. The Hall–Kier alpha value is -2.77. The van der Waals surface area contributed by atoms with Gasteiger partial charge in [-0.1, -0.05) is 0 Å². The Morgan fingerprint density at radius 1 is 1.33 bits per heavy atom. The number of amides is 1. The van der Waals surface area contributed by atoms with Crippen LogP contribution in [-0.4, -0.2) is 47.3 Å². The highest BCUT2D eigenvalue weighted by Crippen LogP contribution is 2.30. The number of fused-ring (bicyclic) bond motifs is 1. The molecule has 1 fully saturated rings. The van der Waals surface area contributed by atoms with Crippen LogP contribution in [0, 0.1) is 6.92 Å². The van der Waals surface area contributed by atoms with E-state index in [9.17, 15) is 4.79 Å². The van der Waals surface area contributed by atoms with Gasteiger partial charge >= 0.3 is 0 Å². The molecule has 1 amide bonds. The van der Waals surface area contributed by atoms with Crippen LogP contribution < -0.4 is 0 Å². The molecule has 8 nitrogen and oxygen atoms in total. The Labute approximate surface area is 138 Å². The summed E-state index contributed by atoms with van der Waals surface area (Å²) < 4.78 is 1.73. The van der Waals surface area contributed by atoms with E-state index in [2.05, 4.69) is 25.3 Å². The first-order chi connectivity index (χ1) is 11.6. The van der Waals surface area contributed by atoms with E-state index in [0.717, 1.165) is 41.8 Å². The van der Waals surface area contributed by atoms with Gasteiger partial charge in [0.05, 0.1) is 17.3 Å². The van der Waals surface area contributed by atoms with Crippen LogP contribution >= 0.6 is 0 Å². The van der Waals surface area contributed by atoms with Gasteiger partial charge in [-0.25, -0.2) is 9.97 Å². The van der Waals surface area contributed by atoms with Crippen molar-refractivity contribution in [3.05, 3.63) is 35.7 Å². The second-order valence-corrected chi connectivity index (χ2v) is 6.19. The van der Waals surface area contributed by atoms with Crippen molar-refractivity contribution in [2.75, 3.05) is 6.54 Å². The van der Waals surface area contributed by atoms with Crippen molar-refractivity contribution in [3.8, 4) is 0 Å². The predicted octanol–water partition coefficient (Wildman–Crippen LogP) is 1.76. The minimum Gasteiger partial charge on any atom is -0.328 e. The Morgan fingerprint density at radius 3 is 3.00 bits per heavy atom. The molecule has 4 rings (SSSR count). The maximum atomic E-state index is 13.1. The normalized spacial score (nSPS) is 18.2. The third-order valence-corrected chi connectivity index (χ3v) is 4.62. The van der Waals surface area contributed by atoms with Gasteiger partial charge in [0.15, 0.2) is 5.65 Å². The summed E-state index contributed by atoms with van der Waals surface area (Å²) in [6.45, 7) is 2.64. The SMILES string of the molecule is Cc1nn(C)c2ncc(C(=O)N3CCCC[C@@H]3c3ncn[nH]3)cc12. The van der Waals surface area contributed by atoms with Crippen LogP contribution in [0.2, 0.25) is 0 Å². The number of piperidine rings is 1. The summed E-state index contributed by atoms with van der Waals surface area (Å²) in [5.41, 5.74) is 2.25. The molecule has 3 aromatic heterocycles. The summed E-state index contributed by atoms with van der Waals surface area (Å²) in [6, 6.07) is 1.83. The van der Waals surface area contributed by atoms with Gasteiger partial charge in [0.1, 0.15) is 12.2 Å². The van der Waals surface area contributed by atoms with Gasteiger partial charge < -0.3 is 4.90 Å². The average molecular weight is 325 g/mol. The summed E-state index contributed by atoms with van der Waals surface area (Å²) in [7, 11) is 1.86. The molecule has 124 valence electrons. The summed E-state index contributed by atoms with van der Waals surface area (Å²) >= 11 is 0. The first-order valence-corrected chi connectivity index (χ1v) is 8.10. The van der Waals surface area contributed by atoms with Crippen molar-refractivity contribution in [2.45, 2.75) is 32.2 Å². The van der Waals surface area contributed by atoms with Crippen LogP contribution in [0.1, 0.15) is 47.2 Å². The largest absolute Gasteiger partial charge is 0.328 e. The summed E-state index contributed by atoms with van der Waals surface area (Å²) in [5.74, 6) is 0.725. The Morgan fingerprint density at radius 2 is 2.21 bits per heavy atom. The number of likely N-dealkylation sites (tertiary alicyclic amines) is 1. The molecule has 0 spiro atoms. The fourth-order valence-corrected chi connectivity index (χ4v) is 3.43. The van der Waals surface area contributed by atoms with E-state index in [0.29, 0.717) is 12.1 Å². The number of carbonyl (C=O) groups is 1. The number of H-pyrrole nitrogens is 1. The smallest absolute Gasteiger partial charge is 0.256 e. The van der Waals surface area contributed by atoms with Gasteiger partial charge in [-0.15, -0.1) is 0 Å². The molecule has 0 bridgehead atoms. The number of pyridine rings is 1. The van der Waals surface area contributed by atoms with Gasteiger partial charge in [0, 0.05) is 25.2 Å². The van der Waals surface area contributed by atoms with Crippen molar-refractivity contribution < 1.29 is 4.79 Å². The van der Waals surface area contributed by atoms with Gasteiger partial charge in [0.2, 0.25) is 0 Å². The predicted molar refractivity (Wildman–Crippen MR) is 87.3 cm³/mol. The van der Waals surface area contributed by atoms with Crippen LogP contribution in [0.5, 0.6) is 0 Å². The third kappa shape index (κ3) is 2.34. The second-order valence-electron chi connectivity index (χ2n) is 6.19. The first-order valence-electron chi connectivity index (χ1n) is 8.10. The number of nitrogens with one attached hydrogen (secondary N) is 1. The molecule has 0 radical (unpaired) electrons. The summed E-state index contributed by atoms with van der Waals surface area (Å²) in [4.78, 5) is 23.6. The lowest BCUT2D eigenvalue weighted by atomic mass is 10.0. The maximum Gasteiger partial charge on any atom is 0.256 e. The standard InChI is InChI=1S/C16H19N7O/c1-10-12-7-11(8-17-15(12)22(2)21-10)16(24)23-6-4-3-5-13(23)14-18-9-19-20-14/h7-9,13H,3-6H2,1-2H3,(H,18,19,20)/t13-/m1/s1. The zero-order chi connectivity index (χ0) is 16.7. The van der Waals surface area contributed by atoms with Crippen molar-refractivity contribution in [1.82, 2.24) is 34.8 Å². The Kier molecular flexibility index (Phi) is 3.51. The van der Waals surface area contributed by atoms with E-state index in [-0.39, 0.29) is 11.9 Å². The number of aromatic nitrogens is 6.